The first kappa shape index (κ1) is 56.4. The number of esters is 9. The van der Waals surface area contributed by atoms with Crippen LogP contribution in [0, 0.1) is 57.2 Å². The second-order valence-electron chi connectivity index (χ2n) is 19.7. The number of hydrogen-bond acceptors (Lipinski definition) is 18. The first-order valence-electron chi connectivity index (χ1n) is 24.5. The van der Waals surface area contributed by atoms with E-state index in [-0.39, 0.29) is 6.42 Å². The number of allylic oxidation sites excluding steroid dienone is 12. The van der Waals surface area contributed by atoms with Gasteiger partial charge in [-0.2, -0.15) is 0 Å². The van der Waals surface area contributed by atoms with Gasteiger partial charge in [-0.15, -0.1) is 0 Å². The highest BCUT2D eigenvalue weighted by Gasteiger charge is 2.46. The number of rotatable bonds is 28. The summed E-state index contributed by atoms with van der Waals surface area (Å²) in [6.45, 7) is 0.208. The fraction of sp³-hybridized carbons (Fsp3) is 0.421. The molecule has 0 fully saturated rings. The van der Waals surface area contributed by atoms with Gasteiger partial charge in [-0.05, 0) is 27.2 Å². The van der Waals surface area contributed by atoms with Crippen LogP contribution < -0.4 is 0 Å². The van der Waals surface area contributed by atoms with Crippen molar-refractivity contribution in [1.82, 2.24) is 0 Å². The zero-order chi connectivity index (χ0) is 54.1. The van der Waals surface area contributed by atoms with E-state index in [1.54, 1.807) is 153 Å². The van der Waals surface area contributed by atoms with Crippen molar-refractivity contribution in [2.75, 3.05) is 59.5 Å². The van der Waals surface area contributed by atoms with Crippen molar-refractivity contribution in [3.8, 4) is 0 Å². The van der Waals surface area contributed by atoms with Crippen molar-refractivity contribution in [1.29, 1.82) is 0 Å². The van der Waals surface area contributed by atoms with Crippen molar-refractivity contribution in [3.05, 3.63) is 146 Å². The van der Waals surface area contributed by atoms with Gasteiger partial charge in [0, 0.05) is 0 Å². The van der Waals surface area contributed by atoms with E-state index in [9.17, 15) is 43.2 Å². The molecule has 6 aliphatic carbocycles. The maximum atomic E-state index is 14.4. The summed E-state index contributed by atoms with van der Waals surface area (Å²) >= 11 is 0. The SMILES string of the molecule is CCC(COC(=O)C(C)(COC(=O)C1C=CC=C1)COC(=O)C1C=CC=C1)(COC(=O)C(C)(COC(=O)C1C=CC=C1)COC(=O)C1C=CC=C1)COC(=O)C(C)(COC(=O)C1C=CC=C1)COC(=O)C1C=CC=C1. The summed E-state index contributed by atoms with van der Waals surface area (Å²) in [5.41, 5.74) is -7.09. The number of carbonyl (C=O) groups excluding carboxylic acids is 9. The smallest absolute Gasteiger partial charge is 0.318 e. The molecule has 0 saturated carbocycles. The molecular formula is C57H62O18. The highest BCUT2D eigenvalue weighted by molar-refractivity contribution is 5.84. The first-order valence-corrected chi connectivity index (χ1v) is 24.5. The van der Waals surface area contributed by atoms with Crippen LogP contribution >= 0.6 is 0 Å². The molecule has 0 aliphatic heterocycles. The van der Waals surface area contributed by atoms with Crippen molar-refractivity contribution in [2.45, 2.75) is 34.1 Å². The van der Waals surface area contributed by atoms with Crippen LogP contribution in [0.5, 0.6) is 0 Å². The van der Waals surface area contributed by atoms with Gasteiger partial charge >= 0.3 is 53.7 Å². The quantitative estimate of drug-likeness (QED) is 0.0670. The molecule has 18 heteroatoms. The second-order valence-corrected chi connectivity index (χ2v) is 19.7. The summed E-state index contributed by atoms with van der Waals surface area (Å²) in [6, 6.07) is 0. The Morgan fingerprint density at radius 2 is 0.440 bits per heavy atom. The zero-order valence-electron chi connectivity index (χ0n) is 42.2. The lowest BCUT2D eigenvalue weighted by Crippen LogP contribution is -2.47. The number of carbonyl (C=O) groups is 9. The van der Waals surface area contributed by atoms with Crippen molar-refractivity contribution in [2.24, 2.45) is 57.2 Å². The molecule has 398 valence electrons. The van der Waals surface area contributed by atoms with Gasteiger partial charge < -0.3 is 42.6 Å². The molecule has 0 radical (unpaired) electrons. The molecule has 0 heterocycles. The topological polar surface area (TPSA) is 237 Å². The van der Waals surface area contributed by atoms with E-state index in [1.807, 2.05) is 0 Å². The third-order valence-electron chi connectivity index (χ3n) is 13.1. The molecule has 0 amide bonds. The van der Waals surface area contributed by atoms with Crippen LogP contribution in [0.2, 0.25) is 0 Å². The second kappa shape index (κ2) is 25.9. The molecule has 75 heavy (non-hydrogen) atoms. The minimum absolute atomic E-state index is 0.0367. The summed E-state index contributed by atoms with van der Waals surface area (Å²) in [6.07, 6.45) is 39.0. The number of ether oxygens (including phenoxy) is 9. The summed E-state index contributed by atoms with van der Waals surface area (Å²) in [4.78, 5) is 122. The number of hydrogen-bond donors (Lipinski definition) is 0. The highest BCUT2D eigenvalue weighted by Crippen LogP contribution is 2.33. The lowest BCUT2D eigenvalue weighted by Gasteiger charge is -2.36. The molecule has 0 aromatic rings. The molecule has 0 bridgehead atoms. The molecule has 0 atom stereocenters. The molecule has 0 N–H and O–H groups in total. The Kier molecular flexibility index (Phi) is 19.4. The molecule has 0 aromatic heterocycles. The third-order valence-corrected chi connectivity index (χ3v) is 13.1. The zero-order valence-corrected chi connectivity index (χ0v) is 42.2. The van der Waals surface area contributed by atoms with E-state index in [2.05, 4.69) is 0 Å². The van der Waals surface area contributed by atoms with E-state index in [4.69, 9.17) is 42.6 Å². The van der Waals surface area contributed by atoms with Crippen LogP contribution in [0.4, 0.5) is 0 Å². The van der Waals surface area contributed by atoms with Crippen molar-refractivity contribution >= 4 is 53.7 Å². The fourth-order valence-corrected chi connectivity index (χ4v) is 7.58. The van der Waals surface area contributed by atoms with Gasteiger partial charge in [0.25, 0.3) is 0 Å². The third kappa shape index (κ3) is 15.3. The highest BCUT2D eigenvalue weighted by atomic mass is 16.6. The molecule has 0 aromatic carbocycles. The molecular weight excluding hydrogens is 973 g/mol. The van der Waals surface area contributed by atoms with E-state index in [0.29, 0.717) is 0 Å². The minimum Gasteiger partial charge on any atom is -0.464 e. The monoisotopic (exact) mass is 1030 g/mol. The van der Waals surface area contributed by atoms with Gasteiger partial charge in [-0.25, -0.2) is 0 Å². The summed E-state index contributed by atoms with van der Waals surface area (Å²) in [5, 5.41) is 0. The summed E-state index contributed by atoms with van der Waals surface area (Å²) in [5.74, 6) is -11.5. The maximum absolute atomic E-state index is 14.4. The van der Waals surface area contributed by atoms with E-state index >= 15 is 0 Å². The van der Waals surface area contributed by atoms with Crippen molar-refractivity contribution < 1.29 is 85.8 Å². The Bertz CT molecular complexity index is 2100. The average Bonchev–Trinajstić information content (AvgIpc) is 4.27. The Labute approximate surface area is 434 Å². The molecule has 18 nitrogen and oxygen atoms in total. The van der Waals surface area contributed by atoms with Crippen LogP contribution in [0.15, 0.2) is 146 Å². The van der Waals surface area contributed by atoms with E-state index in [1.165, 1.54) is 20.8 Å². The van der Waals surface area contributed by atoms with Crippen LogP contribution in [-0.2, 0) is 85.8 Å². The first-order chi connectivity index (χ1) is 35.9. The maximum Gasteiger partial charge on any atom is 0.318 e. The minimum atomic E-state index is -1.82. The Hall–Kier alpha value is -7.89. The van der Waals surface area contributed by atoms with Gasteiger partial charge in [0.1, 0.15) is 75.7 Å². The summed E-state index contributed by atoms with van der Waals surface area (Å²) in [7, 11) is 0. The molecule has 6 aliphatic rings. The van der Waals surface area contributed by atoms with E-state index in [0.717, 1.165) is 0 Å². The predicted octanol–water partition coefficient (Wildman–Crippen LogP) is 5.74. The standard InChI is InChI=1S/C57H62O18/c1-5-57(36-73-51(64)54(2,30-67-45(58)39-18-6-7-19-39)31-68-46(59)40-20-8-9-21-40,37-74-52(65)55(3,32-69-47(60)41-22-10-11-23-41)33-70-48(61)42-24-12-13-25-42)38-75-53(66)56(4,34-71-49(62)43-26-14-15-27-43)35-72-50(63)44-28-16-17-29-44/h6-29,39-44H,5,30-38H2,1-4H3. The largest absolute Gasteiger partial charge is 0.464 e. The average molecular weight is 1040 g/mol. The van der Waals surface area contributed by atoms with Gasteiger partial charge in [0.2, 0.25) is 0 Å². The fourth-order valence-electron chi connectivity index (χ4n) is 7.58. The van der Waals surface area contributed by atoms with Gasteiger partial charge in [-0.1, -0.05) is 153 Å². The normalized spacial score (nSPS) is 17.1. The predicted molar refractivity (Wildman–Crippen MR) is 266 cm³/mol. The molecule has 0 saturated heterocycles. The lowest BCUT2D eigenvalue weighted by molar-refractivity contribution is -0.183. The van der Waals surface area contributed by atoms with Crippen LogP contribution in [-0.4, -0.2) is 113 Å². The lowest BCUT2D eigenvalue weighted by atomic mass is 9.86. The van der Waals surface area contributed by atoms with Crippen LogP contribution in [0.3, 0.4) is 0 Å². The van der Waals surface area contributed by atoms with Gasteiger partial charge in [-0.3, -0.25) is 43.2 Å². The Morgan fingerprint density at radius 3 is 0.587 bits per heavy atom. The molecule has 0 unspecified atom stereocenters. The molecule has 6 rings (SSSR count). The van der Waals surface area contributed by atoms with Gasteiger partial charge in [0.15, 0.2) is 0 Å². The van der Waals surface area contributed by atoms with E-state index < -0.39 is 170 Å². The van der Waals surface area contributed by atoms with Crippen molar-refractivity contribution in [3.63, 3.8) is 0 Å². The molecule has 0 spiro atoms. The Morgan fingerprint density at radius 1 is 0.280 bits per heavy atom. The van der Waals surface area contributed by atoms with Crippen LogP contribution in [0.1, 0.15) is 34.1 Å². The Balaban J connectivity index is 1.25. The summed E-state index contributed by atoms with van der Waals surface area (Å²) < 4.78 is 51.4. The van der Waals surface area contributed by atoms with Gasteiger partial charge in [0.05, 0.1) is 40.9 Å². The van der Waals surface area contributed by atoms with Crippen LogP contribution in [0.25, 0.3) is 0 Å².